The van der Waals surface area contributed by atoms with Crippen molar-refractivity contribution in [1.29, 1.82) is 0 Å². The average molecular weight is 625 g/mol. The molecule has 0 saturated carbocycles. The first-order valence-electron chi connectivity index (χ1n) is 16.6. The molecule has 3 aromatic heterocycles. The van der Waals surface area contributed by atoms with Crippen molar-refractivity contribution < 1.29 is 4.42 Å². The standard InChI is InChI=1S/C46H28N2O/c1-2-11-29(12-3-1)34-16-4-5-17-35(34)38-20-9-21-39-41-28-40(36-18-6-7-19-37(36)46(41)49-45(38)39)32-13-8-14-33(27-32)42-25-24-31-23-22-30-15-10-26-47-43(30)44(31)48-42/h1-28H. The quantitative estimate of drug-likeness (QED) is 0.183. The number of hydrogen-bond acceptors (Lipinski definition) is 3. The van der Waals surface area contributed by atoms with Gasteiger partial charge in [-0.1, -0.05) is 140 Å². The topological polar surface area (TPSA) is 38.9 Å². The Morgan fingerprint density at radius 2 is 1.02 bits per heavy atom. The molecule has 0 aliphatic rings. The second-order valence-electron chi connectivity index (χ2n) is 12.5. The van der Waals surface area contributed by atoms with E-state index in [-0.39, 0.29) is 0 Å². The van der Waals surface area contributed by atoms with Crippen LogP contribution in [0.25, 0.3) is 99.2 Å². The third-order valence-electron chi connectivity index (χ3n) is 9.71. The van der Waals surface area contributed by atoms with Crippen LogP contribution in [-0.4, -0.2) is 9.97 Å². The van der Waals surface area contributed by atoms with Gasteiger partial charge in [-0.05, 0) is 57.5 Å². The van der Waals surface area contributed by atoms with Crippen LogP contribution in [0.5, 0.6) is 0 Å². The fourth-order valence-corrected chi connectivity index (χ4v) is 7.39. The van der Waals surface area contributed by atoms with E-state index in [0.717, 1.165) is 88.0 Å². The van der Waals surface area contributed by atoms with Crippen LogP contribution in [0.2, 0.25) is 0 Å². The number of hydrogen-bond donors (Lipinski definition) is 0. The third-order valence-corrected chi connectivity index (χ3v) is 9.71. The monoisotopic (exact) mass is 624 g/mol. The van der Waals surface area contributed by atoms with Crippen molar-refractivity contribution in [3.8, 4) is 44.6 Å². The zero-order chi connectivity index (χ0) is 32.3. The Morgan fingerprint density at radius 1 is 0.367 bits per heavy atom. The average Bonchev–Trinajstić information content (AvgIpc) is 3.57. The van der Waals surface area contributed by atoms with E-state index in [2.05, 4.69) is 163 Å². The van der Waals surface area contributed by atoms with Gasteiger partial charge in [-0.15, -0.1) is 0 Å². The largest absolute Gasteiger partial charge is 0.455 e. The van der Waals surface area contributed by atoms with Crippen LogP contribution in [0.3, 0.4) is 0 Å². The summed E-state index contributed by atoms with van der Waals surface area (Å²) in [5, 5.41) is 6.63. The summed E-state index contributed by atoms with van der Waals surface area (Å²) in [6, 6.07) is 57.8. The molecule has 10 rings (SSSR count). The second kappa shape index (κ2) is 11.0. The molecule has 3 heteroatoms. The van der Waals surface area contributed by atoms with E-state index >= 15 is 0 Å². The first kappa shape index (κ1) is 27.5. The van der Waals surface area contributed by atoms with Gasteiger partial charge in [0.2, 0.25) is 0 Å². The number of furan rings is 1. The van der Waals surface area contributed by atoms with E-state index in [9.17, 15) is 0 Å². The zero-order valence-corrected chi connectivity index (χ0v) is 26.5. The third kappa shape index (κ3) is 4.44. The molecule has 0 aliphatic heterocycles. The highest BCUT2D eigenvalue weighted by Crippen LogP contribution is 2.44. The lowest BCUT2D eigenvalue weighted by molar-refractivity contribution is 0.674. The summed E-state index contributed by atoms with van der Waals surface area (Å²) < 4.78 is 6.89. The Labute approximate surface area is 282 Å². The number of benzene rings is 7. The predicted molar refractivity (Wildman–Crippen MR) is 204 cm³/mol. The smallest absolute Gasteiger partial charge is 0.143 e. The van der Waals surface area contributed by atoms with Gasteiger partial charge in [0.25, 0.3) is 0 Å². The van der Waals surface area contributed by atoms with Crippen LogP contribution in [0.1, 0.15) is 0 Å². The van der Waals surface area contributed by atoms with Crippen LogP contribution < -0.4 is 0 Å². The van der Waals surface area contributed by atoms with E-state index in [1.54, 1.807) is 0 Å². The van der Waals surface area contributed by atoms with Crippen molar-refractivity contribution in [2.45, 2.75) is 0 Å². The molecule has 0 fully saturated rings. The maximum absolute atomic E-state index is 6.89. The molecular formula is C46H28N2O. The SMILES string of the molecule is c1ccc(-c2ccccc2-c2cccc3c2oc2c4ccccc4c(-c4cccc(-c5ccc6ccc7cccnc7c6n5)c4)cc32)cc1. The summed E-state index contributed by atoms with van der Waals surface area (Å²) in [5.41, 5.74) is 12.5. The highest BCUT2D eigenvalue weighted by atomic mass is 16.3. The van der Waals surface area contributed by atoms with Gasteiger partial charge in [0.15, 0.2) is 0 Å². The summed E-state index contributed by atoms with van der Waals surface area (Å²) in [5.74, 6) is 0. The summed E-state index contributed by atoms with van der Waals surface area (Å²) in [6.45, 7) is 0. The number of para-hydroxylation sites is 1. The van der Waals surface area contributed by atoms with Crippen LogP contribution in [0.4, 0.5) is 0 Å². The molecule has 10 aromatic rings. The first-order chi connectivity index (χ1) is 24.3. The lowest BCUT2D eigenvalue weighted by Crippen LogP contribution is -1.89. The van der Waals surface area contributed by atoms with E-state index < -0.39 is 0 Å². The maximum atomic E-state index is 6.89. The highest BCUT2D eigenvalue weighted by Gasteiger charge is 2.19. The Balaban J connectivity index is 1.17. The van der Waals surface area contributed by atoms with Gasteiger partial charge in [-0.25, -0.2) is 4.98 Å². The van der Waals surface area contributed by atoms with Gasteiger partial charge in [0.1, 0.15) is 11.2 Å². The van der Waals surface area contributed by atoms with Crippen molar-refractivity contribution >= 4 is 54.5 Å². The molecule has 0 aliphatic carbocycles. The first-order valence-corrected chi connectivity index (χ1v) is 16.6. The summed E-state index contributed by atoms with van der Waals surface area (Å²) in [6.07, 6.45) is 1.84. The summed E-state index contributed by atoms with van der Waals surface area (Å²) >= 11 is 0. The Morgan fingerprint density at radius 3 is 1.92 bits per heavy atom. The summed E-state index contributed by atoms with van der Waals surface area (Å²) in [7, 11) is 0. The molecule has 0 amide bonds. The number of pyridine rings is 2. The van der Waals surface area contributed by atoms with Crippen LogP contribution in [-0.2, 0) is 0 Å². The molecule has 0 atom stereocenters. The number of nitrogens with zero attached hydrogens (tertiary/aromatic N) is 2. The molecule has 0 radical (unpaired) electrons. The van der Waals surface area contributed by atoms with Crippen molar-refractivity contribution in [1.82, 2.24) is 9.97 Å². The lowest BCUT2D eigenvalue weighted by atomic mass is 9.92. The molecule has 0 spiro atoms. The minimum atomic E-state index is 0.901. The highest BCUT2D eigenvalue weighted by molar-refractivity contribution is 6.21. The zero-order valence-electron chi connectivity index (χ0n) is 26.5. The summed E-state index contributed by atoms with van der Waals surface area (Å²) in [4.78, 5) is 9.81. The van der Waals surface area contributed by atoms with E-state index in [1.165, 1.54) is 11.1 Å². The van der Waals surface area contributed by atoms with E-state index in [0.29, 0.717) is 0 Å². The molecule has 0 bridgehead atoms. The molecular weight excluding hydrogens is 597 g/mol. The fourth-order valence-electron chi connectivity index (χ4n) is 7.39. The Hall–Kier alpha value is -6.58. The number of fused-ring (bicyclic) bond motifs is 8. The second-order valence-corrected chi connectivity index (χ2v) is 12.5. The Bertz CT molecular complexity index is 2890. The number of aromatic nitrogens is 2. The molecule has 3 nitrogen and oxygen atoms in total. The maximum Gasteiger partial charge on any atom is 0.143 e. The van der Waals surface area contributed by atoms with Crippen molar-refractivity contribution in [3.05, 3.63) is 170 Å². The molecule has 3 heterocycles. The van der Waals surface area contributed by atoms with Crippen LogP contribution in [0.15, 0.2) is 174 Å². The van der Waals surface area contributed by atoms with Crippen LogP contribution >= 0.6 is 0 Å². The van der Waals surface area contributed by atoms with Crippen molar-refractivity contribution in [3.63, 3.8) is 0 Å². The molecule has 228 valence electrons. The lowest BCUT2D eigenvalue weighted by Gasteiger charge is -2.11. The van der Waals surface area contributed by atoms with Gasteiger partial charge >= 0.3 is 0 Å². The van der Waals surface area contributed by atoms with Gasteiger partial charge in [-0.2, -0.15) is 0 Å². The predicted octanol–water partition coefficient (Wildman–Crippen LogP) is 12.5. The normalized spacial score (nSPS) is 11.7. The van der Waals surface area contributed by atoms with Gasteiger partial charge in [0, 0.05) is 44.3 Å². The molecule has 0 unspecified atom stereocenters. The van der Waals surface area contributed by atoms with Gasteiger partial charge in [-0.3, -0.25) is 4.98 Å². The molecule has 7 aromatic carbocycles. The minimum Gasteiger partial charge on any atom is -0.455 e. The number of rotatable bonds is 4. The van der Waals surface area contributed by atoms with E-state index in [1.807, 2.05) is 12.3 Å². The van der Waals surface area contributed by atoms with Crippen molar-refractivity contribution in [2.75, 3.05) is 0 Å². The molecule has 0 N–H and O–H groups in total. The Kier molecular flexibility index (Phi) is 6.18. The molecule has 49 heavy (non-hydrogen) atoms. The van der Waals surface area contributed by atoms with Gasteiger partial charge in [0.05, 0.1) is 16.7 Å². The van der Waals surface area contributed by atoms with Crippen LogP contribution in [0, 0.1) is 0 Å². The fraction of sp³-hybridized carbons (Fsp3) is 0. The van der Waals surface area contributed by atoms with Gasteiger partial charge < -0.3 is 4.42 Å². The minimum absolute atomic E-state index is 0.901. The molecule has 0 saturated heterocycles. The van der Waals surface area contributed by atoms with E-state index in [4.69, 9.17) is 9.40 Å². The van der Waals surface area contributed by atoms with Crippen molar-refractivity contribution in [2.24, 2.45) is 0 Å².